The predicted octanol–water partition coefficient (Wildman–Crippen LogP) is 3.59. The molecule has 0 aliphatic rings. The molecule has 1 N–H and O–H groups in total. The van der Waals surface area contributed by atoms with Crippen molar-refractivity contribution in [3.63, 3.8) is 0 Å². The van der Waals surface area contributed by atoms with E-state index >= 15 is 0 Å². The largest absolute Gasteiger partial charge is 0.369 e. The Balaban J connectivity index is 2.82. The quantitative estimate of drug-likeness (QED) is 0.819. The zero-order valence-corrected chi connectivity index (χ0v) is 11.4. The van der Waals surface area contributed by atoms with Crippen molar-refractivity contribution in [2.24, 2.45) is 5.41 Å². The van der Waals surface area contributed by atoms with Crippen LogP contribution in [-0.4, -0.2) is 16.5 Å². The van der Waals surface area contributed by atoms with Gasteiger partial charge in [0.25, 0.3) is 0 Å². The summed E-state index contributed by atoms with van der Waals surface area (Å²) in [5, 5.41) is 3.88. The molecule has 0 aliphatic carbocycles. The molecular formula is C12H20ClN3. The highest BCUT2D eigenvalue weighted by Gasteiger charge is 2.16. The molecule has 0 saturated heterocycles. The van der Waals surface area contributed by atoms with Crippen LogP contribution in [0.5, 0.6) is 0 Å². The lowest BCUT2D eigenvalue weighted by atomic mass is 9.90. The number of rotatable bonds is 4. The van der Waals surface area contributed by atoms with Crippen LogP contribution in [0.15, 0.2) is 0 Å². The maximum Gasteiger partial charge on any atom is 0.137 e. The normalized spacial score (nSPS) is 11.6. The minimum atomic E-state index is 0.262. The van der Waals surface area contributed by atoms with Crippen LogP contribution in [0.1, 0.15) is 38.6 Å². The van der Waals surface area contributed by atoms with E-state index in [2.05, 4.69) is 36.1 Å². The Kier molecular flexibility index (Phi) is 4.14. The third-order valence-electron chi connectivity index (χ3n) is 2.89. The number of aromatic nitrogens is 2. The maximum absolute atomic E-state index is 6.01. The van der Waals surface area contributed by atoms with Crippen LogP contribution in [0.3, 0.4) is 0 Å². The molecule has 0 aromatic carbocycles. The molecule has 1 heterocycles. The molecule has 16 heavy (non-hydrogen) atoms. The van der Waals surface area contributed by atoms with Crippen molar-refractivity contribution >= 4 is 17.4 Å². The lowest BCUT2D eigenvalue weighted by Crippen LogP contribution is -2.23. The van der Waals surface area contributed by atoms with E-state index in [1.165, 1.54) is 0 Å². The van der Waals surface area contributed by atoms with Gasteiger partial charge < -0.3 is 5.32 Å². The Hall–Kier alpha value is -0.830. The molecule has 0 bridgehead atoms. The van der Waals surface area contributed by atoms with Crippen LogP contribution in [0.25, 0.3) is 0 Å². The zero-order chi connectivity index (χ0) is 12.3. The SMILES string of the molecule is CCC(C)(C)CNc1nc(C)nc(Cl)c1C. The van der Waals surface area contributed by atoms with Crippen molar-refractivity contribution in [2.45, 2.75) is 41.0 Å². The molecule has 0 unspecified atom stereocenters. The van der Waals surface area contributed by atoms with Gasteiger partial charge in [0.1, 0.15) is 16.8 Å². The summed E-state index contributed by atoms with van der Waals surface area (Å²) < 4.78 is 0. The standard InChI is InChI=1S/C12H20ClN3/c1-6-12(4,5)7-14-11-8(2)10(13)15-9(3)16-11/h6-7H2,1-5H3,(H,14,15,16). The van der Waals surface area contributed by atoms with Crippen molar-refractivity contribution in [3.8, 4) is 0 Å². The van der Waals surface area contributed by atoms with E-state index < -0.39 is 0 Å². The van der Waals surface area contributed by atoms with Gasteiger partial charge in [0, 0.05) is 12.1 Å². The summed E-state index contributed by atoms with van der Waals surface area (Å²) in [5.74, 6) is 1.55. The summed E-state index contributed by atoms with van der Waals surface area (Å²) in [7, 11) is 0. The van der Waals surface area contributed by atoms with E-state index in [9.17, 15) is 0 Å². The van der Waals surface area contributed by atoms with Crippen molar-refractivity contribution in [1.82, 2.24) is 9.97 Å². The number of anilines is 1. The van der Waals surface area contributed by atoms with Gasteiger partial charge in [-0.1, -0.05) is 32.4 Å². The average molecular weight is 242 g/mol. The lowest BCUT2D eigenvalue weighted by Gasteiger charge is -2.23. The van der Waals surface area contributed by atoms with Crippen LogP contribution < -0.4 is 5.32 Å². The summed E-state index contributed by atoms with van der Waals surface area (Å²) in [6.07, 6.45) is 1.12. The molecule has 0 fully saturated rings. The second-order valence-electron chi connectivity index (χ2n) is 4.91. The number of aryl methyl sites for hydroxylation is 1. The molecule has 3 nitrogen and oxygen atoms in total. The predicted molar refractivity (Wildman–Crippen MR) is 69.1 cm³/mol. The highest BCUT2D eigenvalue weighted by molar-refractivity contribution is 6.30. The fraction of sp³-hybridized carbons (Fsp3) is 0.667. The van der Waals surface area contributed by atoms with Crippen molar-refractivity contribution in [3.05, 3.63) is 16.5 Å². The van der Waals surface area contributed by atoms with Crippen LogP contribution in [0.2, 0.25) is 5.15 Å². The van der Waals surface area contributed by atoms with Gasteiger partial charge in [0.15, 0.2) is 0 Å². The van der Waals surface area contributed by atoms with Crippen molar-refractivity contribution in [1.29, 1.82) is 0 Å². The van der Waals surface area contributed by atoms with Crippen molar-refractivity contribution in [2.75, 3.05) is 11.9 Å². The molecule has 90 valence electrons. The van der Waals surface area contributed by atoms with E-state index in [1.54, 1.807) is 0 Å². The third kappa shape index (κ3) is 3.34. The van der Waals surface area contributed by atoms with Crippen LogP contribution in [0, 0.1) is 19.3 Å². The summed E-state index contributed by atoms with van der Waals surface area (Å²) in [5.41, 5.74) is 1.18. The van der Waals surface area contributed by atoms with Gasteiger partial charge in [-0.3, -0.25) is 0 Å². The summed E-state index contributed by atoms with van der Waals surface area (Å²) in [4.78, 5) is 8.48. The fourth-order valence-electron chi connectivity index (χ4n) is 1.21. The summed E-state index contributed by atoms with van der Waals surface area (Å²) >= 11 is 6.01. The van der Waals surface area contributed by atoms with Gasteiger partial charge in [-0.25, -0.2) is 9.97 Å². The number of nitrogens with zero attached hydrogens (tertiary/aromatic N) is 2. The monoisotopic (exact) mass is 241 g/mol. The first-order chi connectivity index (χ1) is 7.35. The van der Waals surface area contributed by atoms with Crippen LogP contribution in [-0.2, 0) is 0 Å². The molecule has 1 rings (SSSR count). The minimum absolute atomic E-state index is 0.262. The third-order valence-corrected chi connectivity index (χ3v) is 3.26. The van der Waals surface area contributed by atoms with Crippen LogP contribution >= 0.6 is 11.6 Å². The molecule has 0 atom stereocenters. The molecule has 1 aromatic rings. The molecule has 0 aliphatic heterocycles. The second-order valence-corrected chi connectivity index (χ2v) is 5.26. The Labute approximate surface area is 103 Å². The van der Waals surface area contributed by atoms with E-state index in [-0.39, 0.29) is 5.41 Å². The Morgan fingerprint density at radius 1 is 1.25 bits per heavy atom. The molecular weight excluding hydrogens is 222 g/mol. The highest BCUT2D eigenvalue weighted by Crippen LogP contribution is 2.23. The van der Waals surface area contributed by atoms with Gasteiger partial charge in [-0.05, 0) is 25.7 Å². The summed E-state index contributed by atoms with van der Waals surface area (Å²) in [6, 6.07) is 0. The molecule has 0 spiro atoms. The first-order valence-corrected chi connectivity index (χ1v) is 5.98. The lowest BCUT2D eigenvalue weighted by molar-refractivity contribution is 0.376. The van der Waals surface area contributed by atoms with Gasteiger partial charge in [0.05, 0.1) is 0 Å². The Morgan fingerprint density at radius 2 is 1.88 bits per heavy atom. The molecule has 4 heteroatoms. The first-order valence-electron chi connectivity index (χ1n) is 5.60. The number of hydrogen-bond acceptors (Lipinski definition) is 3. The minimum Gasteiger partial charge on any atom is -0.369 e. The zero-order valence-electron chi connectivity index (χ0n) is 10.7. The topological polar surface area (TPSA) is 37.8 Å². The van der Waals surface area contributed by atoms with Gasteiger partial charge in [-0.15, -0.1) is 0 Å². The maximum atomic E-state index is 6.01. The van der Waals surface area contributed by atoms with E-state index in [0.717, 1.165) is 24.3 Å². The first kappa shape index (κ1) is 13.2. The van der Waals surface area contributed by atoms with Crippen LogP contribution in [0.4, 0.5) is 5.82 Å². The number of halogens is 1. The Bertz CT molecular complexity index is 375. The highest BCUT2D eigenvalue weighted by atomic mass is 35.5. The van der Waals surface area contributed by atoms with E-state index in [0.29, 0.717) is 11.0 Å². The van der Waals surface area contributed by atoms with E-state index in [4.69, 9.17) is 11.6 Å². The molecule has 0 radical (unpaired) electrons. The molecule has 0 saturated carbocycles. The van der Waals surface area contributed by atoms with Gasteiger partial charge in [-0.2, -0.15) is 0 Å². The molecule has 1 aromatic heterocycles. The van der Waals surface area contributed by atoms with Crippen molar-refractivity contribution < 1.29 is 0 Å². The second kappa shape index (κ2) is 5.00. The Morgan fingerprint density at radius 3 is 2.44 bits per heavy atom. The smallest absolute Gasteiger partial charge is 0.137 e. The molecule has 0 amide bonds. The fourth-order valence-corrected chi connectivity index (χ4v) is 1.43. The number of hydrogen-bond donors (Lipinski definition) is 1. The number of nitrogens with one attached hydrogen (secondary N) is 1. The van der Waals surface area contributed by atoms with E-state index in [1.807, 2.05) is 13.8 Å². The van der Waals surface area contributed by atoms with Gasteiger partial charge >= 0.3 is 0 Å². The average Bonchev–Trinajstić information content (AvgIpc) is 2.21. The van der Waals surface area contributed by atoms with Gasteiger partial charge in [0.2, 0.25) is 0 Å². The summed E-state index contributed by atoms with van der Waals surface area (Å²) in [6.45, 7) is 11.3.